The molecule has 0 saturated heterocycles. The van der Waals surface area contributed by atoms with Crippen LogP contribution in [0.2, 0.25) is 5.02 Å². The van der Waals surface area contributed by atoms with Crippen LogP contribution in [0.25, 0.3) is 10.8 Å². The van der Waals surface area contributed by atoms with Crippen LogP contribution in [0.1, 0.15) is 22.0 Å². The van der Waals surface area contributed by atoms with Crippen LogP contribution < -0.4 is 16.8 Å². The number of nitrogens with one attached hydrogen (secondary N) is 1. The van der Waals surface area contributed by atoms with Gasteiger partial charge >= 0.3 is 5.97 Å². The van der Waals surface area contributed by atoms with Crippen molar-refractivity contribution in [2.75, 3.05) is 0 Å². The minimum absolute atomic E-state index is 0.194. The Morgan fingerprint density at radius 2 is 1.82 bits per heavy atom. The number of aliphatic carboxylic acids is 1. The Morgan fingerprint density at radius 3 is 2.46 bits per heavy atom. The van der Waals surface area contributed by atoms with Gasteiger partial charge in [-0.15, -0.1) is 0 Å². The van der Waals surface area contributed by atoms with Crippen molar-refractivity contribution in [3.05, 3.63) is 70.9 Å². The number of aromatic nitrogens is 1. The van der Waals surface area contributed by atoms with Gasteiger partial charge in [-0.2, -0.15) is 4.99 Å². The van der Waals surface area contributed by atoms with Crippen LogP contribution in [0.4, 0.5) is 5.82 Å². The molecule has 9 heteroatoms. The number of carbonyl (C=O) groups is 2. The van der Waals surface area contributed by atoms with E-state index in [9.17, 15) is 14.7 Å². The fourth-order valence-corrected chi connectivity index (χ4v) is 2.91. The number of hydrogen-bond donors (Lipinski definition) is 4. The number of guanidine groups is 1. The normalized spacial score (nSPS) is 11.6. The van der Waals surface area contributed by atoms with Crippen LogP contribution in [-0.2, 0) is 4.79 Å². The zero-order valence-corrected chi connectivity index (χ0v) is 15.2. The molecule has 0 spiro atoms. The van der Waals surface area contributed by atoms with Crippen molar-refractivity contribution in [1.82, 2.24) is 10.3 Å². The third-order valence-corrected chi connectivity index (χ3v) is 4.27. The van der Waals surface area contributed by atoms with Crippen LogP contribution in [0.5, 0.6) is 0 Å². The molecule has 6 N–H and O–H groups in total. The Balaban J connectivity index is 1.99. The van der Waals surface area contributed by atoms with Crippen molar-refractivity contribution < 1.29 is 14.7 Å². The number of benzene rings is 2. The smallest absolute Gasteiger partial charge is 0.330 e. The summed E-state index contributed by atoms with van der Waals surface area (Å²) in [5.41, 5.74) is 11.5. The molecule has 0 aliphatic rings. The maximum atomic E-state index is 12.7. The number of fused-ring (bicyclic) bond motifs is 1. The molecule has 0 radical (unpaired) electrons. The molecule has 0 fully saturated rings. The van der Waals surface area contributed by atoms with E-state index >= 15 is 0 Å². The number of amides is 1. The van der Waals surface area contributed by atoms with E-state index in [1.54, 1.807) is 36.4 Å². The Kier molecular flexibility index (Phi) is 5.42. The second kappa shape index (κ2) is 7.93. The van der Waals surface area contributed by atoms with Crippen LogP contribution >= 0.6 is 11.6 Å². The number of pyridine rings is 1. The van der Waals surface area contributed by atoms with Gasteiger partial charge in [-0.05, 0) is 17.7 Å². The molecule has 142 valence electrons. The van der Waals surface area contributed by atoms with E-state index in [0.29, 0.717) is 21.4 Å². The molecule has 1 aromatic heterocycles. The van der Waals surface area contributed by atoms with Gasteiger partial charge in [0.05, 0.1) is 5.02 Å². The quantitative estimate of drug-likeness (QED) is 0.384. The minimum atomic E-state index is -1.20. The number of carbonyl (C=O) groups excluding carboxylic acids is 1. The number of carboxylic acid groups (broad SMARTS) is 1. The van der Waals surface area contributed by atoms with Crippen molar-refractivity contribution in [2.45, 2.75) is 6.04 Å². The molecule has 1 atom stereocenters. The van der Waals surface area contributed by atoms with E-state index in [-0.39, 0.29) is 17.3 Å². The molecule has 2 aromatic carbocycles. The van der Waals surface area contributed by atoms with Crippen LogP contribution in [0.3, 0.4) is 0 Å². The maximum Gasteiger partial charge on any atom is 0.330 e. The summed E-state index contributed by atoms with van der Waals surface area (Å²) < 4.78 is 0. The number of rotatable bonds is 5. The largest absolute Gasteiger partial charge is 0.479 e. The average Bonchev–Trinajstić information content (AvgIpc) is 2.68. The lowest BCUT2D eigenvalue weighted by Crippen LogP contribution is -2.33. The zero-order valence-electron chi connectivity index (χ0n) is 14.5. The van der Waals surface area contributed by atoms with Gasteiger partial charge in [-0.3, -0.25) is 4.79 Å². The van der Waals surface area contributed by atoms with Crippen molar-refractivity contribution >= 4 is 46.0 Å². The SMILES string of the molecule is NC(N)=Nc1ncc(Cl)c2ccc(C(=O)N[C@H](C(=O)O)c3ccccc3)cc12. The Labute approximate surface area is 164 Å². The highest BCUT2D eigenvalue weighted by Crippen LogP contribution is 2.30. The number of hydrogen-bond acceptors (Lipinski definition) is 4. The van der Waals surface area contributed by atoms with Crippen LogP contribution in [0, 0.1) is 0 Å². The molecule has 0 bridgehead atoms. The first-order valence-electron chi connectivity index (χ1n) is 8.13. The predicted molar refractivity (Wildman–Crippen MR) is 107 cm³/mol. The summed E-state index contributed by atoms with van der Waals surface area (Å²) in [4.78, 5) is 32.3. The lowest BCUT2D eigenvalue weighted by Gasteiger charge is -2.15. The first-order valence-corrected chi connectivity index (χ1v) is 8.51. The number of halogens is 1. The maximum absolute atomic E-state index is 12.7. The number of aliphatic imine (C=N–C) groups is 1. The summed E-state index contributed by atoms with van der Waals surface area (Å²) in [6.07, 6.45) is 1.40. The third-order valence-electron chi connectivity index (χ3n) is 3.97. The summed E-state index contributed by atoms with van der Waals surface area (Å²) in [5.74, 6) is -1.74. The molecule has 3 aromatic rings. The molecule has 0 unspecified atom stereocenters. The van der Waals surface area contributed by atoms with Crippen molar-refractivity contribution in [3.63, 3.8) is 0 Å². The van der Waals surface area contributed by atoms with Gasteiger partial charge in [0, 0.05) is 22.5 Å². The topological polar surface area (TPSA) is 144 Å². The molecule has 28 heavy (non-hydrogen) atoms. The molecule has 3 rings (SSSR count). The van der Waals surface area contributed by atoms with Crippen LogP contribution in [0.15, 0.2) is 59.7 Å². The van der Waals surface area contributed by atoms with E-state index < -0.39 is 17.9 Å². The highest BCUT2D eigenvalue weighted by Gasteiger charge is 2.23. The van der Waals surface area contributed by atoms with Gasteiger partial charge in [0.15, 0.2) is 17.8 Å². The zero-order chi connectivity index (χ0) is 20.3. The first-order chi connectivity index (χ1) is 13.4. The average molecular weight is 398 g/mol. The van der Waals surface area contributed by atoms with Crippen molar-refractivity contribution in [2.24, 2.45) is 16.5 Å². The van der Waals surface area contributed by atoms with Gasteiger partial charge in [-0.1, -0.05) is 48.0 Å². The fourth-order valence-electron chi connectivity index (χ4n) is 2.69. The van der Waals surface area contributed by atoms with Gasteiger partial charge in [0.25, 0.3) is 5.91 Å². The fraction of sp³-hybridized carbons (Fsp3) is 0.0526. The molecule has 0 saturated carbocycles. The summed E-state index contributed by atoms with van der Waals surface area (Å²) in [6, 6.07) is 11.9. The van der Waals surface area contributed by atoms with Crippen LogP contribution in [-0.4, -0.2) is 27.9 Å². The summed E-state index contributed by atoms with van der Waals surface area (Å²) in [7, 11) is 0. The number of carboxylic acids is 1. The van der Waals surface area contributed by atoms with E-state index in [4.69, 9.17) is 23.1 Å². The van der Waals surface area contributed by atoms with Gasteiger partial charge in [0.2, 0.25) is 0 Å². The van der Waals surface area contributed by atoms with E-state index in [0.717, 1.165) is 0 Å². The lowest BCUT2D eigenvalue weighted by atomic mass is 10.0. The number of nitrogens with two attached hydrogens (primary N) is 2. The molecular weight excluding hydrogens is 382 g/mol. The van der Waals surface area contributed by atoms with Gasteiger partial charge in [-0.25, -0.2) is 9.78 Å². The molecule has 1 amide bonds. The minimum Gasteiger partial charge on any atom is -0.479 e. The summed E-state index contributed by atoms with van der Waals surface area (Å²) in [6.45, 7) is 0. The number of nitrogens with zero attached hydrogens (tertiary/aromatic N) is 2. The standard InChI is InChI=1S/C19H16ClN5O3/c20-14-9-23-16(25-19(21)22)13-8-11(6-7-12(13)14)17(26)24-15(18(27)28)10-4-2-1-3-5-10/h1-9,15H,(H,24,26)(H,27,28)(H4,21,22,23,25)/t15-/m0/s1. The molecular formula is C19H16ClN5O3. The lowest BCUT2D eigenvalue weighted by molar-refractivity contribution is -0.139. The van der Waals surface area contributed by atoms with Gasteiger partial charge < -0.3 is 21.9 Å². The van der Waals surface area contributed by atoms with Crippen molar-refractivity contribution in [3.8, 4) is 0 Å². The highest BCUT2D eigenvalue weighted by molar-refractivity contribution is 6.35. The third kappa shape index (κ3) is 4.02. The highest BCUT2D eigenvalue weighted by atomic mass is 35.5. The Bertz CT molecular complexity index is 1080. The monoisotopic (exact) mass is 397 g/mol. The van der Waals surface area contributed by atoms with E-state index in [1.165, 1.54) is 18.3 Å². The second-order valence-electron chi connectivity index (χ2n) is 5.88. The summed E-state index contributed by atoms with van der Waals surface area (Å²) in [5, 5.41) is 13.4. The second-order valence-corrected chi connectivity index (χ2v) is 6.29. The van der Waals surface area contributed by atoms with Gasteiger partial charge in [0.1, 0.15) is 0 Å². The van der Waals surface area contributed by atoms with E-state index in [2.05, 4.69) is 15.3 Å². The van der Waals surface area contributed by atoms with Crippen molar-refractivity contribution in [1.29, 1.82) is 0 Å². The Morgan fingerprint density at radius 1 is 1.11 bits per heavy atom. The molecule has 0 aliphatic heterocycles. The van der Waals surface area contributed by atoms with E-state index in [1.807, 2.05) is 0 Å². The summed E-state index contributed by atoms with van der Waals surface area (Å²) >= 11 is 6.15. The molecule has 0 aliphatic carbocycles. The molecule has 8 nitrogen and oxygen atoms in total. The predicted octanol–water partition coefficient (Wildman–Crippen LogP) is 2.35. The first kappa shape index (κ1) is 19.1. The Hall–Kier alpha value is -3.65. The molecule has 1 heterocycles.